The summed E-state index contributed by atoms with van der Waals surface area (Å²) in [6.07, 6.45) is 6.55. The van der Waals surface area contributed by atoms with Gasteiger partial charge in [-0.25, -0.2) is 13.2 Å². The van der Waals surface area contributed by atoms with Crippen molar-refractivity contribution >= 4 is 0 Å². The van der Waals surface area contributed by atoms with Crippen LogP contribution in [-0.2, 0) is 4.74 Å². The number of rotatable bonds is 7. The van der Waals surface area contributed by atoms with E-state index in [0.717, 1.165) is 18.8 Å². The van der Waals surface area contributed by atoms with Gasteiger partial charge in [-0.3, -0.25) is 0 Å². The van der Waals surface area contributed by atoms with Crippen molar-refractivity contribution in [3.8, 4) is 5.75 Å². The number of hydrogen-bond donors (Lipinski definition) is 0. The normalized spacial score (nSPS) is 28.5. The van der Waals surface area contributed by atoms with Gasteiger partial charge in [0, 0.05) is 5.92 Å². The minimum atomic E-state index is -2.86. The molecule has 2 unspecified atom stereocenters. The zero-order chi connectivity index (χ0) is 20.1. The minimum Gasteiger partial charge on any atom is -0.491 e. The second kappa shape index (κ2) is 10.00. The average molecular weight is 399 g/mol. The summed E-state index contributed by atoms with van der Waals surface area (Å²) >= 11 is 0. The Kier molecular flexibility index (Phi) is 7.67. The zero-order valence-electron chi connectivity index (χ0n) is 17.1. The highest BCUT2D eigenvalue weighted by atomic mass is 19.3. The maximum atomic E-state index is 14.5. The molecule has 2 nitrogen and oxygen atoms in total. The number of halogens is 3. The maximum Gasteiger partial charge on any atom is 0.267 e. The molecule has 1 saturated carbocycles. The fraction of sp³-hybridized carbons (Fsp3) is 0.739. The van der Waals surface area contributed by atoms with Crippen LogP contribution in [0.15, 0.2) is 12.1 Å². The predicted molar refractivity (Wildman–Crippen MR) is 105 cm³/mol. The highest BCUT2D eigenvalue weighted by Crippen LogP contribution is 2.42. The first-order valence-corrected chi connectivity index (χ1v) is 10.9. The molecule has 2 atom stereocenters. The van der Waals surface area contributed by atoms with Crippen molar-refractivity contribution in [2.75, 3.05) is 13.2 Å². The summed E-state index contributed by atoms with van der Waals surface area (Å²) in [6, 6.07) is 3.07. The summed E-state index contributed by atoms with van der Waals surface area (Å²) in [6.45, 7) is 4.59. The van der Waals surface area contributed by atoms with Gasteiger partial charge in [0.25, 0.3) is 6.43 Å². The van der Waals surface area contributed by atoms with Gasteiger partial charge in [-0.1, -0.05) is 38.7 Å². The Morgan fingerprint density at radius 1 is 1.07 bits per heavy atom. The number of alkyl halides is 2. The van der Waals surface area contributed by atoms with Gasteiger partial charge < -0.3 is 9.47 Å². The Morgan fingerprint density at radius 2 is 1.82 bits per heavy atom. The van der Waals surface area contributed by atoms with E-state index in [0.29, 0.717) is 18.1 Å². The summed E-state index contributed by atoms with van der Waals surface area (Å²) in [5.74, 6) is 0.242. The molecule has 1 aliphatic carbocycles. The second-order valence-corrected chi connectivity index (χ2v) is 8.33. The Balaban J connectivity index is 1.63. The highest BCUT2D eigenvalue weighted by Gasteiger charge is 2.34. The van der Waals surface area contributed by atoms with Gasteiger partial charge in [0.15, 0.2) is 11.6 Å². The molecule has 0 N–H and O–H groups in total. The van der Waals surface area contributed by atoms with E-state index in [-0.39, 0.29) is 24.4 Å². The van der Waals surface area contributed by atoms with Gasteiger partial charge in [0.2, 0.25) is 0 Å². The third-order valence-electron chi connectivity index (χ3n) is 6.56. The molecule has 0 spiro atoms. The van der Waals surface area contributed by atoms with E-state index < -0.39 is 17.8 Å². The first-order valence-electron chi connectivity index (χ1n) is 10.9. The van der Waals surface area contributed by atoms with Crippen molar-refractivity contribution in [1.82, 2.24) is 0 Å². The molecular formula is C23H33F3O2. The quantitative estimate of drug-likeness (QED) is 0.491. The molecule has 0 amide bonds. The van der Waals surface area contributed by atoms with Gasteiger partial charge in [-0.05, 0) is 56.1 Å². The molecule has 1 aliphatic heterocycles. The standard InChI is InChI=1S/C23H33F3O2/c1-3-5-15-6-8-16(9-7-15)19-12-10-17(14-28-19)18-11-13-20(27-4-2)22(24)21(18)23(25)26/h11,13,15-17,19,23H,3-10,12,14H2,1-2H3. The van der Waals surface area contributed by atoms with Crippen LogP contribution in [0.4, 0.5) is 13.2 Å². The number of benzene rings is 1. The van der Waals surface area contributed by atoms with E-state index in [4.69, 9.17) is 9.47 Å². The van der Waals surface area contributed by atoms with E-state index in [1.165, 1.54) is 44.6 Å². The van der Waals surface area contributed by atoms with Crippen LogP contribution >= 0.6 is 0 Å². The first-order chi connectivity index (χ1) is 13.5. The van der Waals surface area contributed by atoms with Crippen LogP contribution < -0.4 is 4.74 Å². The molecule has 1 heterocycles. The van der Waals surface area contributed by atoms with Crippen molar-refractivity contribution in [3.63, 3.8) is 0 Å². The van der Waals surface area contributed by atoms with Crippen LogP contribution in [0.1, 0.15) is 88.7 Å². The van der Waals surface area contributed by atoms with Gasteiger partial charge in [0.1, 0.15) is 0 Å². The molecule has 0 bridgehead atoms. The molecule has 1 saturated heterocycles. The third-order valence-corrected chi connectivity index (χ3v) is 6.56. The van der Waals surface area contributed by atoms with Gasteiger partial charge in [-0.15, -0.1) is 0 Å². The zero-order valence-corrected chi connectivity index (χ0v) is 17.1. The summed E-state index contributed by atoms with van der Waals surface area (Å²) < 4.78 is 53.0. The monoisotopic (exact) mass is 398 g/mol. The molecule has 0 aromatic heterocycles. The fourth-order valence-corrected chi connectivity index (χ4v) is 5.08. The molecule has 0 radical (unpaired) electrons. The van der Waals surface area contributed by atoms with Gasteiger partial charge in [0.05, 0.1) is 24.9 Å². The molecule has 2 fully saturated rings. The van der Waals surface area contributed by atoms with Crippen molar-refractivity contribution in [2.24, 2.45) is 11.8 Å². The average Bonchev–Trinajstić information content (AvgIpc) is 2.70. The van der Waals surface area contributed by atoms with Gasteiger partial charge >= 0.3 is 0 Å². The largest absolute Gasteiger partial charge is 0.491 e. The van der Waals surface area contributed by atoms with Gasteiger partial charge in [-0.2, -0.15) is 0 Å². The lowest BCUT2D eigenvalue weighted by Crippen LogP contribution is -2.33. The topological polar surface area (TPSA) is 18.5 Å². The Morgan fingerprint density at radius 3 is 2.39 bits per heavy atom. The number of ether oxygens (including phenoxy) is 2. The van der Waals surface area contributed by atoms with Crippen LogP contribution in [0, 0.1) is 17.7 Å². The molecule has 1 aromatic carbocycles. The molecular weight excluding hydrogens is 365 g/mol. The van der Waals surface area contributed by atoms with E-state index in [1.54, 1.807) is 13.0 Å². The number of hydrogen-bond acceptors (Lipinski definition) is 2. The minimum absolute atomic E-state index is 0.0972. The maximum absolute atomic E-state index is 14.5. The van der Waals surface area contributed by atoms with Crippen molar-refractivity contribution in [3.05, 3.63) is 29.1 Å². The van der Waals surface area contributed by atoms with Crippen molar-refractivity contribution in [1.29, 1.82) is 0 Å². The first kappa shape index (κ1) is 21.5. The summed E-state index contributed by atoms with van der Waals surface area (Å²) in [7, 11) is 0. The van der Waals surface area contributed by atoms with E-state index in [9.17, 15) is 13.2 Å². The lowest BCUT2D eigenvalue weighted by atomic mass is 9.75. The van der Waals surface area contributed by atoms with Crippen LogP contribution in [0.5, 0.6) is 5.75 Å². The third kappa shape index (κ3) is 4.84. The highest BCUT2D eigenvalue weighted by molar-refractivity contribution is 5.40. The van der Waals surface area contributed by atoms with Crippen molar-refractivity contribution in [2.45, 2.75) is 83.7 Å². The summed E-state index contributed by atoms with van der Waals surface area (Å²) in [5, 5.41) is 0. The fourth-order valence-electron chi connectivity index (χ4n) is 5.08. The smallest absolute Gasteiger partial charge is 0.267 e. The summed E-state index contributed by atoms with van der Waals surface area (Å²) in [5.41, 5.74) is -0.140. The van der Waals surface area contributed by atoms with Crippen molar-refractivity contribution < 1.29 is 22.6 Å². The van der Waals surface area contributed by atoms with E-state index >= 15 is 0 Å². The molecule has 158 valence electrons. The molecule has 3 rings (SSSR count). The molecule has 2 aliphatic rings. The summed E-state index contributed by atoms with van der Waals surface area (Å²) in [4.78, 5) is 0. The van der Waals surface area contributed by atoms with Crippen LogP contribution in [0.2, 0.25) is 0 Å². The van der Waals surface area contributed by atoms with Crippen LogP contribution in [0.25, 0.3) is 0 Å². The lowest BCUT2D eigenvalue weighted by molar-refractivity contribution is -0.0440. The van der Waals surface area contributed by atoms with Crippen LogP contribution in [-0.4, -0.2) is 19.3 Å². The SMILES string of the molecule is CCCC1CCC(C2CCC(c3ccc(OCC)c(F)c3C(F)F)CO2)CC1. The van der Waals surface area contributed by atoms with E-state index in [2.05, 4.69) is 6.92 Å². The molecule has 1 aromatic rings. The Bertz CT molecular complexity index is 619. The Labute approximate surface area is 166 Å². The lowest BCUT2D eigenvalue weighted by Gasteiger charge is -2.38. The molecule has 5 heteroatoms. The second-order valence-electron chi connectivity index (χ2n) is 8.33. The van der Waals surface area contributed by atoms with Crippen LogP contribution in [0.3, 0.4) is 0 Å². The Hall–Kier alpha value is -1.23. The van der Waals surface area contributed by atoms with E-state index in [1.807, 2.05) is 0 Å². The predicted octanol–water partition coefficient (Wildman–Crippen LogP) is 7.03. The molecule has 28 heavy (non-hydrogen) atoms.